The first-order valence-corrected chi connectivity index (χ1v) is 5.47. The number of rotatable bonds is 2. The lowest BCUT2D eigenvalue weighted by Crippen LogP contribution is -2.03. The Morgan fingerprint density at radius 2 is 1.71 bits per heavy atom. The molecule has 0 fully saturated rings. The Balaban J connectivity index is 2.36. The molecule has 1 unspecified atom stereocenters. The van der Waals surface area contributed by atoms with Crippen LogP contribution in [-0.2, 0) is 0 Å². The molecule has 1 atom stereocenters. The van der Waals surface area contributed by atoms with Gasteiger partial charge in [-0.05, 0) is 29.8 Å². The third-order valence-electron chi connectivity index (χ3n) is 2.55. The molecule has 2 aromatic carbocycles. The van der Waals surface area contributed by atoms with E-state index in [9.17, 15) is 10.2 Å². The van der Waals surface area contributed by atoms with Crippen LogP contribution in [0.4, 0.5) is 5.69 Å². The first-order valence-electron chi connectivity index (χ1n) is 5.10. The van der Waals surface area contributed by atoms with E-state index in [0.717, 1.165) is 0 Å². The summed E-state index contributed by atoms with van der Waals surface area (Å²) in [6.45, 7) is 0. The normalized spacial score (nSPS) is 12.4. The first kappa shape index (κ1) is 11.8. The summed E-state index contributed by atoms with van der Waals surface area (Å²) in [6, 6.07) is 11.3. The Morgan fingerprint density at radius 3 is 2.29 bits per heavy atom. The van der Waals surface area contributed by atoms with E-state index in [4.69, 9.17) is 17.3 Å². The Labute approximate surface area is 104 Å². The van der Waals surface area contributed by atoms with Crippen molar-refractivity contribution >= 4 is 17.3 Å². The topological polar surface area (TPSA) is 66.5 Å². The number of phenols is 1. The molecule has 0 heterocycles. The molecule has 2 aromatic rings. The summed E-state index contributed by atoms with van der Waals surface area (Å²) in [6.07, 6.45) is -0.826. The van der Waals surface area contributed by atoms with E-state index < -0.39 is 6.10 Å². The van der Waals surface area contributed by atoms with Crippen molar-refractivity contribution < 1.29 is 10.2 Å². The van der Waals surface area contributed by atoms with Crippen LogP contribution in [0.2, 0.25) is 5.02 Å². The quantitative estimate of drug-likeness (QED) is 0.717. The number of hydrogen-bond donors (Lipinski definition) is 3. The zero-order chi connectivity index (χ0) is 12.4. The van der Waals surface area contributed by atoms with Gasteiger partial charge in [0.1, 0.15) is 11.9 Å². The predicted molar refractivity (Wildman–Crippen MR) is 68.0 cm³/mol. The Kier molecular flexibility index (Phi) is 3.22. The zero-order valence-corrected chi connectivity index (χ0v) is 9.72. The molecule has 88 valence electrons. The minimum atomic E-state index is -0.826. The van der Waals surface area contributed by atoms with Crippen molar-refractivity contribution in [2.45, 2.75) is 6.10 Å². The second-order valence-corrected chi connectivity index (χ2v) is 4.20. The van der Waals surface area contributed by atoms with Crippen molar-refractivity contribution in [2.75, 3.05) is 5.73 Å². The van der Waals surface area contributed by atoms with Crippen LogP contribution in [-0.4, -0.2) is 10.2 Å². The van der Waals surface area contributed by atoms with Gasteiger partial charge in [-0.15, -0.1) is 0 Å². The van der Waals surface area contributed by atoms with Crippen LogP contribution in [0.3, 0.4) is 0 Å². The Hall–Kier alpha value is -1.71. The largest absolute Gasteiger partial charge is 0.508 e. The molecule has 0 radical (unpaired) electrons. The summed E-state index contributed by atoms with van der Waals surface area (Å²) in [7, 11) is 0. The van der Waals surface area contributed by atoms with E-state index in [2.05, 4.69) is 0 Å². The number of aliphatic hydroxyl groups is 1. The average molecular weight is 250 g/mol. The molecule has 0 aromatic heterocycles. The summed E-state index contributed by atoms with van der Waals surface area (Å²) >= 11 is 5.79. The van der Waals surface area contributed by atoms with Crippen LogP contribution in [0.1, 0.15) is 17.2 Å². The fourth-order valence-electron chi connectivity index (χ4n) is 1.63. The summed E-state index contributed by atoms with van der Waals surface area (Å²) in [5, 5.41) is 19.9. The third-order valence-corrected chi connectivity index (χ3v) is 2.79. The monoisotopic (exact) mass is 249 g/mol. The van der Waals surface area contributed by atoms with Gasteiger partial charge in [0, 0.05) is 16.3 Å². The highest BCUT2D eigenvalue weighted by molar-refractivity contribution is 6.30. The molecule has 0 spiro atoms. The van der Waals surface area contributed by atoms with Crippen LogP contribution in [0, 0.1) is 0 Å². The number of nitrogen functional groups attached to an aromatic ring is 1. The summed E-state index contributed by atoms with van der Waals surface area (Å²) in [4.78, 5) is 0. The summed E-state index contributed by atoms with van der Waals surface area (Å²) in [5.74, 6) is 0.157. The molecular formula is C13H12ClNO2. The number of hydrogen-bond acceptors (Lipinski definition) is 3. The molecule has 17 heavy (non-hydrogen) atoms. The minimum Gasteiger partial charge on any atom is -0.508 e. The van der Waals surface area contributed by atoms with Crippen LogP contribution < -0.4 is 5.73 Å². The van der Waals surface area contributed by atoms with E-state index in [-0.39, 0.29) is 5.75 Å². The third kappa shape index (κ3) is 2.52. The van der Waals surface area contributed by atoms with Gasteiger partial charge < -0.3 is 15.9 Å². The molecule has 0 saturated heterocycles. The van der Waals surface area contributed by atoms with E-state index >= 15 is 0 Å². The SMILES string of the molecule is Nc1cc(Cl)ccc1C(O)c1ccc(O)cc1. The van der Waals surface area contributed by atoms with Crippen molar-refractivity contribution in [3.05, 3.63) is 58.6 Å². The molecule has 4 N–H and O–H groups in total. The minimum absolute atomic E-state index is 0.157. The molecule has 0 saturated carbocycles. The molecular weight excluding hydrogens is 238 g/mol. The molecule has 0 aliphatic heterocycles. The molecule has 3 nitrogen and oxygen atoms in total. The van der Waals surface area contributed by atoms with Crippen molar-refractivity contribution in [3.8, 4) is 5.75 Å². The second kappa shape index (κ2) is 4.65. The average Bonchev–Trinajstić information content (AvgIpc) is 2.29. The molecule has 2 rings (SSSR count). The van der Waals surface area contributed by atoms with Gasteiger partial charge in [0.05, 0.1) is 0 Å². The summed E-state index contributed by atoms with van der Waals surface area (Å²) in [5.41, 5.74) is 7.50. The first-order chi connectivity index (χ1) is 8.08. The van der Waals surface area contributed by atoms with Crippen molar-refractivity contribution in [1.82, 2.24) is 0 Å². The predicted octanol–water partition coefficient (Wildman–Crippen LogP) is 2.71. The highest BCUT2D eigenvalue weighted by atomic mass is 35.5. The highest BCUT2D eigenvalue weighted by Crippen LogP contribution is 2.29. The van der Waals surface area contributed by atoms with Gasteiger partial charge in [-0.25, -0.2) is 0 Å². The van der Waals surface area contributed by atoms with Crippen molar-refractivity contribution in [3.63, 3.8) is 0 Å². The molecule has 0 bridgehead atoms. The van der Waals surface area contributed by atoms with Gasteiger partial charge >= 0.3 is 0 Å². The number of aromatic hydroxyl groups is 1. The van der Waals surface area contributed by atoms with E-state index in [1.807, 2.05) is 0 Å². The smallest absolute Gasteiger partial charge is 0.115 e. The maximum absolute atomic E-state index is 10.1. The van der Waals surface area contributed by atoms with Crippen molar-refractivity contribution in [1.29, 1.82) is 0 Å². The van der Waals surface area contributed by atoms with Crippen LogP contribution >= 0.6 is 11.6 Å². The van der Waals surface area contributed by atoms with Crippen molar-refractivity contribution in [2.24, 2.45) is 0 Å². The number of benzene rings is 2. The van der Waals surface area contributed by atoms with E-state index in [1.165, 1.54) is 12.1 Å². The van der Waals surface area contributed by atoms with Gasteiger partial charge in [0.15, 0.2) is 0 Å². The van der Waals surface area contributed by atoms with E-state index in [0.29, 0.717) is 21.8 Å². The maximum Gasteiger partial charge on any atom is 0.115 e. The van der Waals surface area contributed by atoms with Gasteiger partial charge in [-0.3, -0.25) is 0 Å². The number of halogens is 1. The number of aliphatic hydroxyl groups excluding tert-OH is 1. The van der Waals surface area contributed by atoms with Crippen LogP contribution in [0.25, 0.3) is 0 Å². The number of phenolic OH excluding ortho intramolecular Hbond substituents is 1. The van der Waals surface area contributed by atoms with Gasteiger partial charge in [-0.2, -0.15) is 0 Å². The fraction of sp³-hybridized carbons (Fsp3) is 0.0769. The van der Waals surface area contributed by atoms with Gasteiger partial charge in [0.2, 0.25) is 0 Å². The zero-order valence-electron chi connectivity index (χ0n) is 8.97. The molecule has 4 heteroatoms. The second-order valence-electron chi connectivity index (χ2n) is 3.77. The van der Waals surface area contributed by atoms with Crippen LogP contribution in [0.5, 0.6) is 5.75 Å². The lowest BCUT2D eigenvalue weighted by molar-refractivity contribution is 0.221. The lowest BCUT2D eigenvalue weighted by Gasteiger charge is -2.14. The number of anilines is 1. The number of nitrogens with two attached hydrogens (primary N) is 1. The Morgan fingerprint density at radius 1 is 1.06 bits per heavy atom. The maximum atomic E-state index is 10.1. The van der Waals surface area contributed by atoms with Crippen LogP contribution in [0.15, 0.2) is 42.5 Å². The molecule has 0 amide bonds. The molecule has 0 aliphatic rings. The van der Waals surface area contributed by atoms with Gasteiger partial charge in [0.25, 0.3) is 0 Å². The lowest BCUT2D eigenvalue weighted by atomic mass is 10.00. The highest BCUT2D eigenvalue weighted by Gasteiger charge is 2.13. The summed E-state index contributed by atoms with van der Waals surface area (Å²) < 4.78 is 0. The van der Waals surface area contributed by atoms with Gasteiger partial charge in [-0.1, -0.05) is 29.8 Å². The fourth-order valence-corrected chi connectivity index (χ4v) is 1.81. The van der Waals surface area contributed by atoms with E-state index in [1.54, 1.807) is 30.3 Å². The Bertz CT molecular complexity index is 525. The standard InChI is InChI=1S/C13H12ClNO2/c14-9-3-6-11(12(15)7-9)13(17)8-1-4-10(16)5-2-8/h1-7,13,16-17H,15H2. The molecule has 0 aliphatic carbocycles.